The standard InChI is InChI=1S/C45H80O2/c1-5-7-9-11-13-15-17-19-21-23-25-27-29-31-33-35-37-45(46-43-39-42(41(3)4)40-44(43)47-45)38-36-34-32-30-28-26-24-22-20-18-16-14-12-10-8-6-2/h13-16,19-22,41-44H,5-12,17-18,23-40H2,1-4H3. The summed E-state index contributed by atoms with van der Waals surface area (Å²) in [6.07, 6.45) is 55.4. The Morgan fingerprint density at radius 3 is 1.17 bits per heavy atom. The van der Waals surface area contributed by atoms with Crippen molar-refractivity contribution in [3.05, 3.63) is 48.6 Å². The molecule has 2 unspecified atom stereocenters. The lowest BCUT2D eigenvalue weighted by atomic mass is 9.94. The largest absolute Gasteiger partial charge is 0.344 e. The summed E-state index contributed by atoms with van der Waals surface area (Å²) in [6, 6.07) is 0. The van der Waals surface area contributed by atoms with Gasteiger partial charge in [0, 0.05) is 12.8 Å². The maximum absolute atomic E-state index is 6.85. The van der Waals surface area contributed by atoms with E-state index in [2.05, 4.69) is 76.3 Å². The maximum Gasteiger partial charge on any atom is 0.169 e. The van der Waals surface area contributed by atoms with E-state index < -0.39 is 0 Å². The molecule has 0 bridgehead atoms. The van der Waals surface area contributed by atoms with Crippen molar-refractivity contribution in [2.45, 2.75) is 225 Å². The van der Waals surface area contributed by atoms with Gasteiger partial charge in [-0.2, -0.15) is 0 Å². The number of hydrogen-bond donors (Lipinski definition) is 0. The van der Waals surface area contributed by atoms with Crippen molar-refractivity contribution in [1.82, 2.24) is 0 Å². The van der Waals surface area contributed by atoms with Gasteiger partial charge in [0.05, 0.1) is 12.2 Å². The Balaban J connectivity index is 1.55. The third-order valence-corrected chi connectivity index (χ3v) is 10.7. The second-order valence-electron chi connectivity index (χ2n) is 15.4. The molecular weight excluding hydrogens is 572 g/mol. The van der Waals surface area contributed by atoms with Crippen LogP contribution in [0.25, 0.3) is 0 Å². The van der Waals surface area contributed by atoms with Crippen LogP contribution in [0.3, 0.4) is 0 Å². The van der Waals surface area contributed by atoms with Crippen molar-refractivity contribution in [2.75, 3.05) is 0 Å². The first-order chi connectivity index (χ1) is 23.1. The van der Waals surface area contributed by atoms with E-state index >= 15 is 0 Å². The highest BCUT2D eigenvalue weighted by atomic mass is 16.8. The van der Waals surface area contributed by atoms with Gasteiger partial charge in [-0.05, 0) is 102 Å². The number of ether oxygens (including phenoxy) is 2. The van der Waals surface area contributed by atoms with E-state index in [0.29, 0.717) is 12.2 Å². The topological polar surface area (TPSA) is 18.5 Å². The van der Waals surface area contributed by atoms with Crippen LogP contribution in [0.2, 0.25) is 0 Å². The lowest BCUT2D eigenvalue weighted by molar-refractivity contribution is -0.193. The molecule has 0 radical (unpaired) electrons. The quantitative estimate of drug-likeness (QED) is 0.0548. The van der Waals surface area contributed by atoms with E-state index in [4.69, 9.17) is 9.47 Å². The minimum absolute atomic E-state index is 0.290. The number of allylic oxidation sites excluding steroid dienone is 8. The molecule has 0 aromatic rings. The maximum atomic E-state index is 6.85. The summed E-state index contributed by atoms with van der Waals surface area (Å²) in [5.41, 5.74) is 0. The van der Waals surface area contributed by atoms with E-state index in [9.17, 15) is 0 Å². The second kappa shape index (κ2) is 28.7. The zero-order valence-corrected chi connectivity index (χ0v) is 32.0. The SMILES string of the molecule is CCCCCC=CCC=CCCCCCCCCC1(CCCCCCCCC=CCC=CCCCCC)OC2CC(C(C)C)CC2O1. The minimum Gasteiger partial charge on any atom is -0.344 e. The molecule has 47 heavy (non-hydrogen) atoms. The van der Waals surface area contributed by atoms with Gasteiger partial charge in [0.1, 0.15) is 0 Å². The number of unbranched alkanes of at least 4 members (excludes halogenated alkanes) is 18. The molecule has 2 rings (SSSR count). The highest BCUT2D eigenvalue weighted by molar-refractivity contribution is 4.95. The lowest BCUT2D eigenvalue weighted by Gasteiger charge is -2.30. The fraction of sp³-hybridized carbons (Fsp3) is 0.822. The van der Waals surface area contributed by atoms with Gasteiger partial charge in [-0.15, -0.1) is 0 Å². The third-order valence-electron chi connectivity index (χ3n) is 10.7. The first-order valence-electron chi connectivity index (χ1n) is 21.1. The average Bonchev–Trinajstić information content (AvgIpc) is 3.61. The first-order valence-corrected chi connectivity index (χ1v) is 21.1. The highest BCUT2D eigenvalue weighted by Gasteiger charge is 2.51. The van der Waals surface area contributed by atoms with Crippen LogP contribution in [0.1, 0.15) is 207 Å². The predicted molar refractivity (Wildman–Crippen MR) is 208 cm³/mol. The molecule has 2 heteroatoms. The third kappa shape index (κ3) is 20.9. The van der Waals surface area contributed by atoms with Gasteiger partial charge in [-0.25, -0.2) is 0 Å². The van der Waals surface area contributed by atoms with Crippen LogP contribution >= 0.6 is 0 Å². The zero-order chi connectivity index (χ0) is 33.7. The Kier molecular flexibility index (Phi) is 25.7. The Bertz CT molecular complexity index is 756. The lowest BCUT2D eigenvalue weighted by Crippen LogP contribution is -2.32. The average molecular weight is 653 g/mol. The van der Waals surface area contributed by atoms with Crippen molar-refractivity contribution in [3.8, 4) is 0 Å². The second-order valence-corrected chi connectivity index (χ2v) is 15.4. The van der Waals surface area contributed by atoms with Crippen LogP contribution in [0.15, 0.2) is 48.6 Å². The van der Waals surface area contributed by atoms with E-state index in [1.807, 2.05) is 0 Å². The monoisotopic (exact) mass is 653 g/mol. The fourth-order valence-corrected chi connectivity index (χ4v) is 7.49. The Labute approximate surface area is 294 Å². The molecule has 2 aliphatic rings. The molecule has 1 heterocycles. The predicted octanol–water partition coefficient (Wildman–Crippen LogP) is 14.9. The molecule has 1 aliphatic heterocycles. The van der Waals surface area contributed by atoms with Gasteiger partial charge in [0.15, 0.2) is 5.79 Å². The van der Waals surface area contributed by atoms with E-state index in [-0.39, 0.29) is 5.79 Å². The van der Waals surface area contributed by atoms with Crippen molar-refractivity contribution in [1.29, 1.82) is 0 Å². The summed E-state index contributed by atoms with van der Waals surface area (Å²) < 4.78 is 13.7. The number of rotatable bonds is 31. The smallest absolute Gasteiger partial charge is 0.169 e. The molecule has 0 N–H and O–H groups in total. The molecule has 1 saturated heterocycles. The van der Waals surface area contributed by atoms with Crippen LogP contribution in [-0.4, -0.2) is 18.0 Å². The summed E-state index contributed by atoms with van der Waals surface area (Å²) in [7, 11) is 0. The van der Waals surface area contributed by atoms with Gasteiger partial charge in [-0.3, -0.25) is 0 Å². The van der Waals surface area contributed by atoms with Gasteiger partial charge in [-0.1, -0.05) is 153 Å². The summed E-state index contributed by atoms with van der Waals surface area (Å²) in [6.45, 7) is 9.28. The number of hydrogen-bond acceptors (Lipinski definition) is 2. The highest BCUT2D eigenvalue weighted by Crippen LogP contribution is 2.47. The van der Waals surface area contributed by atoms with Crippen LogP contribution in [-0.2, 0) is 9.47 Å². The summed E-state index contributed by atoms with van der Waals surface area (Å²) >= 11 is 0. The van der Waals surface area contributed by atoms with E-state index in [1.165, 1.54) is 154 Å². The molecule has 0 aromatic heterocycles. The molecule has 1 aliphatic carbocycles. The molecule has 1 saturated carbocycles. The Hall–Kier alpha value is -1.12. The molecule has 2 nitrogen and oxygen atoms in total. The van der Waals surface area contributed by atoms with Gasteiger partial charge >= 0.3 is 0 Å². The van der Waals surface area contributed by atoms with Crippen LogP contribution in [0.5, 0.6) is 0 Å². The van der Waals surface area contributed by atoms with Crippen molar-refractivity contribution >= 4 is 0 Å². The van der Waals surface area contributed by atoms with E-state index in [0.717, 1.165) is 37.5 Å². The van der Waals surface area contributed by atoms with Crippen molar-refractivity contribution < 1.29 is 9.47 Å². The van der Waals surface area contributed by atoms with Crippen molar-refractivity contribution in [2.24, 2.45) is 11.8 Å². The van der Waals surface area contributed by atoms with Crippen LogP contribution in [0.4, 0.5) is 0 Å². The van der Waals surface area contributed by atoms with Gasteiger partial charge in [0.25, 0.3) is 0 Å². The molecule has 272 valence electrons. The minimum atomic E-state index is -0.290. The summed E-state index contributed by atoms with van der Waals surface area (Å²) in [5, 5.41) is 0. The fourth-order valence-electron chi connectivity index (χ4n) is 7.49. The molecule has 0 aromatic carbocycles. The molecule has 2 fully saturated rings. The zero-order valence-electron chi connectivity index (χ0n) is 32.0. The molecular formula is C45H80O2. The van der Waals surface area contributed by atoms with Crippen molar-refractivity contribution in [3.63, 3.8) is 0 Å². The normalized spacial score (nSPS) is 23.2. The first kappa shape index (κ1) is 42.0. The Morgan fingerprint density at radius 1 is 0.468 bits per heavy atom. The number of fused-ring (bicyclic) bond motifs is 1. The molecule has 2 atom stereocenters. The summed E-state index contributed by atoms with van der Waals surface area (Å²) in [5.74, 6) is 1.22. The summed E-state index contributed by atoms with van der Waals surface area (Å²) in [4.78, 5) is 0. The van der Waals surface area contributed by atoms with Crippen LogP contribution in [0, 0.1) is 11.8 Å². The van der Waals surface area contributed by atoms with Gasteiger partial charge < -0.3 is 9.47 Å². The Morgan fingerprint density at radius 2 is 0.809 bits per heavy atom. The van der Waals surface area contributed by atoms with Gasteiger partial charge in [0.2, 0.25) is 0 Å². The van der Waals surface area contributed by atoms with E-state index in [1.54, 1.807) is 0 Å². The molecule has 0 amide bonds. The molecule has 0 spiro atoms. The van der Waals surface area contributed by atoms with Crippen LogP contribution < -0.4 is 0 Å².